The van der Waals surface area contributed by atoms with Crippen molar-refractivity contribution in [1.29, 1.82) is 0 Å². The molecule has 0 fully saturated rings. The lowest BCUT2D eigenvalue weighted by atomic mass is 10.3. The van der Waals surface area contributed by atoms with Crippen molar-refractivity contribution in [1.82, 2.24) is 0 Å². The summed E-state index contributed by atoms with van der Waals surface area (Å²) >= 11 is 0. The number of hydrogen-bond acceptors (Lipinski definition) is 2. The second-order valence-corrected chi connectivity index (χ2v) is 2.33. The van der Waals surface area contributed by atoms with E-state index in [0.29, 0.717) is 0 Å². The number of oxime groups is 1. The van der Waals surface area contributed by atoms with Gasteiger partial charge < -0.3 is 4.84 Å². The summed E-state index contributed by atoms with van der Waals surface area (Å²) in [5.41, 5.74) is 1.05. The molecule has 0 aliphatic carbocycles. The van der Waals surface area contributed by atoms with Gasteiger partial charge in [-0.1, -0.05) is 25.9 Å². The standard InChI is InChI=1S/C7H15NO.C2H6/c1-5-7(4)8-9-6(2)3;1-2/h6H,5H2,1-4H3;1-2H3/b8-7-;. The fourth-order valence-electron chi connectivity index (χ4n) is 0.260. The molecule has 11 heavy (non-hydrogen) atoms. The van der Waals surface area contributed by atoms with Gasteiger partial charge in [-0.25, -0.2) is 0 Å². The second-order valence-electron chi connectivity index (χ2n) is 2.33. The summed E-state index contributed by atoms with van der Waals surface area (Å²) < 4.78 is 0. The molecule has 0 rings (SSSR count). The van der Waals surface area contributed by atoms with Crippen LogP contribution in [0.4, 0.5) is 0 Å². The molecule has 0 N–H and O–H groups in total. The van der Waals surface area contributed by atoms with Gasteiger partial charge in [0.05, 0.1) is 5.71 Å². The molecule has 0 unspecified atom stereocenters. The minimum atomic E-state index is 0.200. The number of hydrogen-bond donors (Lipinski definition) is 0. The molecular weight excluding hydrogens is 138 g/mol. The number of rotatable bonds is 3. The van der Waals surface area contributed by atoms with Gasteiger partial charge in [-0.3, -0.25) is 0 Å². The summed E-state index contributed by atoms with van der Waals surface area (Å²) in [5, 5.41) is 3.86. The zero-order chi connectivity index (χ0) is 9.28. The molecular formula is C9H21NO. The van der Waals surface area contributed by atoms with Crippen LogP contribution in [0.25, 0.3) is 0 Å². The van der Waals surface area contributed by atoms with Gasteiger partial charge in [0.15, 0.2) is 0 Å². The van der Waals surface area contributed by atoms with Crippen LogP contribution in [0.3, 0.4) is 0 Å². The minimum Gasteiger partial charge on any atom is -0.393 e. The van der Waals surface area contributed by atoms with Gasteiger partial charge in [-0.05, 0) is 27.2 Å². The lowest BCUT2D eigenvalue weighted by Gasteiger charge is -2.01. The van der Waals surface area contributed by atoms with Gasteiger partial charge >= 0.3 is 0 Å². The highest BCUT2D eigenvalue weighted by Crippen LogP contribution is 1.91. The van der Waals surface area contributed by atoms with E-state index in [1.807, 2.05) is 34.6 Å². The maximum Gasteiger partial charge on any atom is 0.122 e. The summed E-state index contributed by atoms with van der Waals surface area (Å²) in [6.07, 6.45) is 1.17. The molecule has 0 radical (unpaired) electrons. The smallest absolute Gasteiger partial charge is 0.122 e. The molecule has 0 saturated heterocycles. The topological polar surface area (TPSA) is 21.6 Å². The van der Waals surface area contributed by atoms with E-state index in [1.165, 1.54) is 0 Å². The van der Waals surface area contributed by atoms with E-state index in [0.717, 1.165) is 12.1 Å². The van der Waals surface area contributed by atoms with Crippen molar-refractivity contribution in [2.75, 3.05) is 0 Å². The van der Waals surface area contributed by atoms with Crippen LogP contribution in [0.2, 0.25) is 0 Å². The molecule has 0 saturated carbocycles. The first-order valence-electron chi connectivity index (χ1n) is 4.36. The third-order valence-corrected chi connectivity index (χ3v) is 0.931. The summed E-state index contributed by atoms with van der Waals surface area (Å²) in [5.74, 6) is 0. The Labute approximate surface area is 70.6 Å². The third kappa shape index (κ3) is 12.6. The van der Waals surface area contributed by atoms with Crippen LogP contribution in [-0.2, 0) is 4.84 Å². The van der Waals surface area contributed by atoms with Crippen LogP contribution in [-0.4, -0.2) is 11.8 Å². The molecule has 68 valence electrons. The van der Waals surface area contributed by atoms with Gasteiger partial charge in [0, 0.05) is 0 Å². The normalized spacial score (nSPS) is 10.6. The van der Waals surface area contributed by atoms with E-state index >= 15 is 0 Å². The van der Waals surface area contributed by atoms with E-state index in [9.17, 15) is 0 Å². The van der Waals surface area contributed by atoms with Crippen molar-refractivity contribution in [2.45, 2.75) is 54.1 Å². The van der Waals surface area contributed by atoms with E-state index in [1.54, 1.807) is 0 Å². The van der Waals surface area contributed by atoms with E-state index in [4.69, 9.17) is 4.84 Å². The van der Waals surface area contributed by atoms with Crippen molar-refractivity contribution in [3.63, 3.8) is 0 Å². The van der Waals surface area contributed by atoms with Crippen LogP contribution >= 0.6 is 0 Å². The van der Waals surface area contributed by atoms with Crippen molar-refractivity contribution in [3.8, 4) is 0 Å². The lowest BCUT2D eigenvalue weighted by Crippen LogP contribution is -1.98. The zero-order valence-electron chi connectivity index (χ0n) is 8.64. The van der Waals surface area contributed by atoms with Crippen LogP contribution in [0.15, 0.2) is 5.16 Å². The number of nitrogens with zero attached hydrogens (tertiary/aromatic N) is 1. The van der Waals surface area contributed by atoms with Gasteiger partial charge in [0.2, 0.25) is 0 Å². The van der Waals surface area contributed by atoms with Crippen molar-refractivity contribution in [2.24, 2.45) is 5.16 Å². The van der Waals surface area contributed by atoms with Crippen LogP contribution in [0.5, 0.6) is 0 Å². The zero-order valence-corrected chi connectivity index (χ0v) is 8.64. The van der Waals surface area contributed by atoms with Crippen molar-refractivity contribution >= 4 is 5.71 Å². The fraction of sp³-hybridized carbons (Fsp3) is 0.889. The highest BCUT2D eigenvalue weighted by molar-refractivity contribution is 5.80. The van der Waals surface area contributed by atoms with Gasteiger partial charge in [-0.15, -0.1) is 0 Å². The first-order valence-corrected chi connectivity index (χ1v) is 4.36. The Morgan fingerprint density at radius 3 is 2.09 bits per heavy atom. The Balaban J connectivity index is 0. The molecule has 0 heterocycles. The molecule has 2 heteroatoms. The molecule has 0 atom stereocenters. The molecule has 2 nitrogen and oxygen atoms in total. The van der Waals surface area contributed by atoms with E-state index < -0.39 is 0 Å². The fourth-order valence-corrected chi connectivity index (χ4v) is 0.260. The van der Waals surface area contributed by atoms with Crippen molar-refractivity contribution in [3.05, 3.63) is 0 Å². The summed E-state index contributed by atoms with van der Waals surface area (Å²) in [7, 11) is 0. The Morgan fingerprint density at radius 2 is 1.82 bits per heavy atom. The minimum absolute atomic E-state index is 0.200. The van der Waals surface area contributed by atoms with Gasteiger partial charge in [0.25, 0.3) is 0 Å². The Kier molecular flexibility index (Phi) is 11.3. The van der Waals surface area contributed by atoms with Crippen LogP contribution in [0.1, 0.15) is 48.0 Å². The molecule has 0 aliphatic rings. The molecule has 0 amide bonds. The average molecular weight is 159 g/mol. The van der Waals surface area contributed by atoms with E-state index in [2.05, 4.69) is 12.1 Å². The average Bonchev–Trinajstić information content (AvgIpc) is 2.04. The quantitative estimate of drug-likeness (QED) is 0.457. The van der Waals surface area contributed by atoms with Crippen molar-refractivity contribution < 1.29 is 4.84 Å². The highest BCUT2D eigenvalue weighted by atomic mass is 16.6. The highest BCUT2D eigenvalue weighted by Gasteiger charge is 1.89. The predicted molar refractivity (Wildman–Crippen MR) is 51.0 cm³/mol. The molecule has 0 aliphatic heterocycles. The first-order chi connectivity index (χ1) is 5.16. The lowest BCUT2D eigenvalue weighted by molar-refractivity contribution is 0.0854. The van der Waals surface area contributed by atoms with Gasteiger partial charge in [-0.2, -0.15) is 0 Å². The summed E-state index contributed by atoms with van der Waals surface area (Å²) in [4.78, 5) is 4.98. The largest absolute Gasteiger partial charge is 0.393 e. The Hall–Kier alpha value is -0.530. The van der Waals surface area contributed by atoms with Crippen LogP contribution in [0, 0.1) is 0 Å². The van der Waals surface area contributed by atoms with E-state index in [-0.39, 0.29) is 6.10 Å². The third-order valence-electron chi connectivity index (χ3n) is 0.931. The Morgan fingerprint density at radius 1 is 1.36 bits per heavy atom. The summed E-state index contributed by atoms with van der Waals surface area (Å²) in [6, 6.07) is 0. The maximum absolute atomic E-state index is 4.98. The van der Waals surface area contributed by atoms with Gasteiger partial charge in [0.1, 0.15) is 6.10 Å². The monoisotopic (exact) mass is 159 g/mol. The Bertz CT molecular complexity index is 97.7. The molecule has 0 aromatic rings. The molecule has 0 aromatic heterocycles. The first kappa shape index (κ1) is 13.1. The summed E-state index contributed by atoms with van der Waals surface area (Å²) in [6.45, 7) is 11.9. The maximum atomic E-state index is 4.98. The molecule has 0 spiro atoms. The van der Waals surface area contributed by atoms with Crippen LogP contribution < -0.4 is 0 Å². The molecule has 0 aromatic carbocycles. The predicted octanol–water partition coefficient (Wildman–Crippen LogP) is 3.22. The second kappa shape index (κ2) is 9.47. The molecule has 0 bridgehead atoms. The SMILES string of the molecule is CC.CC/C(C)=N\OC(C)C.